The van der Waals surface area contributed by atoms with E-state index in [0.29, 0.717) is 25.3 Å². The molecule has 0 spiro atoms. The highest BCUT2D eigenvalue weighted by atomic mass is 35.5. The number of H-pyrrole nitrogens is 1. The molecule has 0 atom stereocenters. The highest BCUT2D eigenvalue weighted by molar-refractivity contribution is 5.94. The van der Waals surface area contributed by atoms with Crippen molar-refractivity contribution in [2.45, 2.75) is 33.0 Å². The molecule has 0 unspecified atom stereocenters. The molecule has 0 saturated heterocycles. The fraction of sp³-hybridized carbons (Fsp3) is 0.474. The first kappa shape index (κ1) is 20.4. The van der Waals surface area contributed by atoms with E-state index in [4.69, 9.17) is 0 Å². The molecule has 1 aliphatic heterocycles. The number of nitrogens with one attached hydrogen (secondary N) is 2. The van der Waals surface area contributed by atoms with Crippen LogP contribution in [0, 0.1) is 0 Å². The summed E-state index contributed by atoms with van der Waals surface area (Å²) < 4.78 is 0. The van der Waals surface area contributed by atoms with Gasteiger partial charge in [0.15, 0.2) is 5.69 Å². The highest BCUT2D eigenvalue weighted by Gasteiger charge is 2.24. The number of benzene rings is 1. The molecule has 6 nitrogen and oxygen atoms in total. The van der Waals surface area contributed by atoms with Gasteiger partial charge in [0.05, 0.1) is 0 Å². The number of aromatic amines is 1. The van der Waals surface area contributed by atoms with Crippen molar-refractivity contribution < 1.29 is 4.79 Å². The van der Waals surface area contributed by atoms with E-state index in [-0.39, 0.29) is 18.3 Å². The van der Waals surface area contributed by atoms with E-state index in [0.717, 1.165) is 36.3 Å². The lowest BCUT2D eigenvalue weighted by atomic mass is 10.1. The van der Waals surface area contributed by atoms with Crippen LogP contribution in [0.4, 0.5) is 0 Å². The minimum atomic E-state index is 0. The lowest BCUT2D eigenvalue weighted by Gasteiger charge is -2.21. The van der Waals surface area contributed by atoms with Crippen LogP contribution in [0.1, 0.15) is 39.8 Å². The molecule has 0 saturated carbocycles. The summed E-state index contributed by atoms with van der Waals surface area (Å²) in [6.45, 7) is 5.84. The molecule has 3 rings (SSSR count). The number of amides is 1. The Labute approximate surface area is 161 Å². The maximum atomic E-state index is 12.9. The van der Waals surface area contributed by atoms with Gasteiger partial charge in [0.25, 0.3) is 5.91 Å². The van der Waals surface area contributed by atoms with E-state index < -0.39 is 0 Å². The Morgan fingerprint density at radius 2 is 1.81 bits per heavy atom. The number of carbonyl (C=O) groups excluding carboxylic acids is 1. The lowest BCUT2D eigenvalue weighted by molar-refractivity contribution is 0.0745. The van der Waals surface area contributed by atoms with Crippen molar-refractivity contribution in [3.05, 3.63) is 52.3 Å². The highest BCUT2D eigenvalue weighted by Crippen LogP contribution is 2.18. The topological polar surface area (TPSA) is 64.3 Å². The van der Waals surface area contributed by atoms with Gasteiger partial charge in [0, 0.05) is 50.4 Å². The van der Waals surface area contributed by atoms with Crippen molar-refractivity contribution in [2.24, 2.45) is 0 Å². The number of carbonyl (C=O) groups is 1. The van der Waals surface area contributed by atoms with Crippen molar-refractivity contribution in [1.82, 2.24) is 25.3 Å². The average Bonchev–Trinajstić information content (AvgIpc) is 3.04. The summed E-state index contributed by atoms with van der Waals surface area (Å²) in [6.07, 6.45) is 0.898. The fourth-order valence-corrected chi connectivity index (χ4v) is 3.21. The van der Waals surface area contributed by atoms with Crippen LogP contribution in [0.5, 0.6) is 0 Å². The number of hydrogen-bond donors (Lipinski definition) is 2. The predicted octanol–water partition coefficient (Wildman–Crippen LogP) is 2.20. The Morgan fingerprint density at radius 1 is 1.15 bits per heavy atom. The van der Waals surface area contributed by atoms with Crippen molar-refractivity contribution in [3.63, 3.8) is 0 Å². The van der Waals surface area contributed by atoms with Gasteiger partial charge >= 0.3 is 0 Å². The summed E-state index contributed by atoms with van der Waals surface area (Å²) in [5.74, 6) is 0.000989. The second-order valence-electron chi connectivity index (χ2n) is 6.83. The molecule has 0 fully saturated rings. The van der Waals surface area contributed by atoms with Gasteiger partial charge in [-0.25, -0.2) is 0 Å². The zero-order valence-corrected chi connectivity index (χ0v) is 16.5. The fourth-order valence-electron chi connectivity index (χ4n) is 3.21. The van der Waals surface area contributed by atoms with E-state index in [1.54, 1.807) is 0 Å². The number of halogens is 1. The molecule has 0 radical (unpaired) electrons. The van der Waals surface area contributed by atoms with E-state index in [9.17, 15) is 4.79 Å². The van der Waals surface area contributed by atoms with Gasteiger partial charge in [-0.2, -0.15) is 5.10 Å². The van der Waals surface area contributed by atoms with Crippen LogP contribution in [-0.2, 0) is 26.1 Å². The Balaban J connectivity index is 0.00000243. The smallest absolute Gasteiger partial charge is 0.274 e. The van der Waals surface area contributed by atoms with Gasteiger partial charge in [-0.05, 0) is 32.1 Å². The maximum absolute atomic E-state index is 12.9. The molecule has 7 heteroatoms. The molecule has 2 heterocycles. The zero-order chi connectivity index (χ0) is 17.8. The molecule has 142 valence electrons. The molecule has 2 N–H and O–H groups in total. The minimum absolute atomic E-state index is 0. The number of fused-ring (bicyclic) bond motifs is 1. The second-order valence-corrected chi connectivity index (χ2v) is 6.83. The van der Waals surface area contributed by atoms with Crippen molar-refractivity contribution in [2.75, 3.05) is 27.2 Å². The summed E-state index contributed by atoms with van der Waals surface area (Å²) in [5, 5.41) is 10.6. The van der Waals surface area contributed by atoms with Gasteiger partial charge in [-0.15, -0.1) is 12.4 Å². The lowest BCUT2D eigenvalue weighted by Crippen LogP contribution is -2.32. The number of aromatic nitrogens is 2. The van der Waals surface area contributed by atoms with Gasteiger partial charge in [-0.1, -0.05) is 24.3 Å². The standard InChI is InChI=1S/C19H27N5O.ClH/c1-4-24(13-15-7-5-14(6-8-15)12-23(2)3)19(25)18-16-11-20-10-9-17(16)21-22-18;/h5-8,20H,4,9-13H2,1-3H3,(H,21,22);1H. The van der Waals surface area contributed by atoms with E-state index in [2.05, 4.69) is 58.8 Å². The Hall–Kier alpha value is -1.89. The third kappa shape index (κ3) is 4.63. The van der Waals surface area contributed by atoms with Crippen LogP contribution < -0.4 is 5.32 Å². The first-order valence-corrected chi connectivity index (χ1v) is 8.87. The molecule has 2 aromatic rings. The Kier molecular flexibility index (Phi) is 7.20. The third-order valence-electron chi connectivity index (χ3n) is 4.57. The molecular weight excluding hydrogens is 350 g/mol. The molecule has 1 amide bonds. The van der Waals surface area contributed by atoms with Gasteiger partial charge in [0.2, 0.25) is 0 Å². The van der Waals surface area contributed by atoms with E-state index >= 15 is 0 Å². The monoisotopic (exact) mass is 377 g/mol. The van der Waals surface area contributed by atoms with Crippen LogP contribution in [0.3, 0.4) is 0 Å². The summed E-state index contributed by atoms with van der Waals surface area (Å²) in [6, 6.07) is 8.48. The van der Waals surface area contributed by atoms with Gasteiger partial charge in [-0.3, -0.25) is 9.89 Å². The number of hydrogen-bond acceptors (Lipinski definition) is 4. The summed E-state index contributed by atoms with van der Waals surface area (Å²) in [4.78, 5) is 16.9. The number of nitrogens with zero attached hydrogens (tertiary/aromatic N) is 3. The summed E-state index contributed by atoms with van der Waals surface area (Å²) in [7, 11) is 4.12. The van der Waals surface area contributed by atoms with E-state index in [1.165, 1.54) is 5.56 Å². The zero-order valence-electron chi connectivity index (χ0n) is 15.7. The normalized spacial score (nSPS) is 13.2. The van der Waals surface area contributed by atoms with Crippen LogP contribution in [0.2, 0.25) is 0 Å². The van der Waals surface area contributed by atoms with Crippen LogP contribution in [0.25, 0.3) is 0 Å². The average molecular weight is 378 g/mol. The van der Waals surface area contributed by atoms with Crippen LogP contribution in [0.15, 0.2) is 24.3 Å². The molecule has 1 aromatic heterocycles. The van der Waals surface area contributed by atoms with Crippen molar-refractivity contribution >= 4 is 18.3 Å². The van der Waals surface area contributed by atoms with Crippen LogP contribution in [-0.4, -0.2) is 53.1 Å². The van der Waals surface area contributed by atoms with Crippen LogP contribution >= 0.6 is 12.4 Å². The van der Waals surface area contributed by atoms with Gasteiger partial charge < -0.3 is 15.1 Å². The Morgan fingerprint density at radius 3 is 2.42 bits per heavy atom. The third-order valence-corrected chi connectivity index (χ3v) is 4.57. The minimum Gasteiger partial charge on any atom is -0.333 e. The molecule has 26 heavy (non-hydrogen) atoms. The summed E-state index contributed by atoms with van der Waals surface area (Å²) in [5.41, 5.74) is 5.09. The number of rotatable bonds is 6. The van der Waals surface area contributed by atoms with E-state index in [1.807, 2.05) is 11.8 Å². The molecule has 0 aliphatic carbocycles. The molecule has 1 aliphatic rings. The maximum Gasteiger partial charge on any atom is 0.274 e. The van der Waals surface area contributed by atoms with Gasteiger partial charge in [0.1, 0.15) is 0 Å². The Bertz CT molecular complexity index is 726. The SMILES string of the molecule is CCN(Cc1ccc(CN(C)C)cc1)C(=O)c1n[nH]c2c1CNCC2.Cl. The predicted molar refractivity (Wildman–Crippen MR) is 105 cm³/mol. The van der Waals surface area contributed by atoms with Crippen molar-refractivity contribution in [3.8, 4) is 0 Å². The quantitative estimate of drug-likeness (QED) is 0.810. The largest absolute Gasteiger partial charge is 0.333 e. The molecular formula is C19H28ClN5O. The van der Waals surface area contributed by atoms with Crippen molar-refractivity contribution in [1.29, 1.82) is 0 Å². The second kappa shape index (κ2) is 9.16. The molecule has 1 aromatic carbocycles. The molecule has 0 bridgehead atoms. The first-order valence-electron chi connectivity index (χ1n) is 8.87. The summed E-state index contributed by atoms with van der Waals surface area (Å²) >= 11 is 0. The first-order chi connectivity index (χ1) is 12.1.